The molecule has 4 heteroatoms. The molecule has 26 heavy (non-hydrogen) atoms. The Morgan fingerprint density at radius 2 is 1.73 bits per heavy atom. The van der Waals surface area contributed by atoms with Crippen molar-refractivity contribution in [2.24, 2.45) is 0 Å². The normalized spacial score (nSPS) is 14.8. The number of nitrogens with zero attached hydrogens (tertiary/aromatic N) is 2. The zero-order valence-electron chi connectivity index (χ0n) is 15.9. The maximum absolute atomic E-state index is 12.6. The number of piperidine rings is 1. The lowest BCUT2D eigenvalue weighted by Crippen LogP contribution is -2.30. The van der Waals surface area contributed by atoms with Crippen molar-refractivity contribution < 1.29 is 4.79 Å². The van der Waals surface area contributed by atoms with E-state index in [9.17, 15) is 4.79 Å². The molecule has 0 spiro atoms. The zero-order valence-corrected chi connectivity index (χ0v) is 15.9. The van der Waals surface area contributed by atoms with Crippen molar-refractivity contribution in [2.75, 3.05) is 32.1 Å². The van der Waals surface area contributed by atoms with Gasteiger partial charge in [0.15, 0.2) is 0 Å². The first kappa shape index (κ1) is 18.5. The molecule has 1 heterocycles. The van der Waals surface area contributed by atoms with Crippen molar-refractivity contribution in [2.45, 2.75) is 32.4 Å². The van der Waals surface area contributed by atoms with E-state index in [1.807, 2.05) is 49.3 Å². The van der Waals surface area contributed by atoms with E-state index in [-0.39, 0.29) is 5.91 Å². The first-order chi connectivity index (χ1) is 12.6. The molecular formula is C22H29N3O. The number of benzene rings is 2. The molecule has 0 aliphatic carbocycles. The minimum absolute atomic E-state index is 0.0264. The molecule has 1 N–H and O–H groups in total. The van der Waals surface area contributed by atoms with Crippen molar-refractivity contribution in [3.8, 4) is 0 Å². The molecule has 2 aromatic carbocycles. The second kappa shape index (κ2) is 8.86. The maximum Gasteiger partial charge on any atom is 0.251 e. The Bertz CT molecular complexity index is 736. The molecule has 1 aliphatic rings. The van der Waals surface area contributed by atoms with Crippen LogP contribution in [0.15, 0.2) is 48.5 Å². The highest BCUT2D eigenvalue weighted by Crippen LogP contribution is 2.17. The van der Waals surface area contributed by atoms with Crippen LogP contribution >= 0.6 is 0 Å². The van der Waals surface area contributed by atoms with Crippen LogP contribution < -0.4 is 10.2 Å². The van der Waals surface area contributed by atoms with Crippen LogP contribution in [0.1, 0.15) is 40.7 Å². The lowest BCUT2D eigenvalue weighted by atomic mass is 10.0. The summed E-state index contributed by atoms with van der Waals surface area (Å²) in [5.74, 6) is -0.0264. The van der Waals surface area contributed by atoms with Gasteiger partial charge in [0.1, 0.15) is 0 Å². The van der Waals surface area contributed by atoms with Gasteiger partial charge >= 0.3 is 0 Å². The van der Waals surface area contributed by atoms with Crippen molar-refractivity contribution in [3.63, 3.8) is 0 Å². The van der Waals surface area contributed by atoms with E-state index in [4.69, 9.17) is 0 Å². The van der Waals surface area contributed by atoms with Gasteiger partial charge in [0.2, 0.25) is 0 Å². The van der Waals surface area contributed by atoms with Crippen LogP contribution in [-0.2, 0) is 13.1 Å². The Kier molecular flexibility index (Phi) is 6.29. The molecule has 0 radical (unpaired) electrons. The molecule has 0 aromatic heterocycles. The zero-order chi connectivity index (χ0) is 18.4. The van der Waals surface area contributed by atoms with Crippen LogP contribution in [0.3, 0.4) is 0 Å². The average Bonchev–Trinajstić information content (AvgIpc) is 2.68. The van der Waals surface area contributed by atoms with Crippen LogP contribution in [0.5, 0.6) is 0 Å². The maximum atomic E-state index is 12.6. The molecule has 3 rings (SSSR count). The Hall–Kier alpha value is -2.33. The Balaban J connectivity index is 1.64. The molecule has 138 valence electrons. The number of carbonyl (C=O) groups is 1. The van der Waals surface area contributed by atoms with Crippen LogP contribution in [0, 0.1) is 0 Å². The fraction of sp³-hybridized carbons (Fsp3) is 0.409. The Labute approximate surface area is 156 Å². The van der Waals surface area contributed by atoms with Crippen LogP contribution in [0.4, 0.5) is 5.69 Å². The highest BCUT2D eigenvalue weighted by molar-refractivity contribution is 5.95. The molecule has 0 saturated carbocycles. The lowest BCUT2D eigenvalue weighted by molar-refractivity contribution is 0.0950. The highest BCUT2D eigenvalue weighted by Gasteiger charge is 2.13. The van der Waals surface area contributed by atoms with E-state index in [0.717, 1.165) is 12.2 Å². The van der Waals surface area contributed by atoms with E-state index in [1.165, 1.54) is 43.5 Å². The summed E-state index contributed by atoms with van der Waals surface area (Å²) < 4.78 is 0. The molecule has 1 saturated heterocycles. The van der Waals surface area contributed by atoms with Gasteiger partial charge in [-0.25, -0.2) is 0 Å². The van der Waals surface area contributed by atoms with E-state index in [2.05, 4.69) is 28.4 Å². The quantitative estimate of drug-likeness (QED) is 0.862. The Morgan fingerprint density at radius 3 is 2.46 bits per heavy atom. The SMILES string of the molecule is CN(C)c1cccc(C(=O)NCc2ccccc2CN2CCCCC2)c1. The monoisotopic (exact) mass is 351 g/mol. The predicted molar refractivity (Wildman–Crippen MR) is 108 cm³/mol. The molecule has 0 unspecified atom stereocenters. The number of likely N-dealkylation sites (tertiary alicyclic amines) is 1. The van der Waals surface area contributed by atoms with Crippen LogP contribution in [0.25, 0.3) is 0 Å². The summed E-state index contributed by atoms with van der Waals surface area (Å²) in [6.07, 6.45) is 3.93. The van der Waals surface area contributed by atoms with Gasteiger partial charge < -0.3 is 10.2 Å². The van der Waals surface area contributed by atoms with E-state index in [0.29, 0.717) is 12.1 Å². The van der Waals surface area contributed by atoms with Gasteiger partial charge in [0.25, 0.3) is 5.91 Å². The number of carbonyl (C=O) groups excluding carboxylic acids is 1. The number of amides is 1. The van der Waals surface area contributed by atoms with Gasteiger partial charge in [-0.15, -0.1) is 0 Å². The fourth-order valence-corrected chi connectivity index (χ4v) is 3.45. The third kappa shape index (κ3) is 4.85. The largest absolute Gasteiger partial charge is 0.378 e. The first-order valence-corrected chi connectivity index (χ1v) is 9.48. The fourth-order valence-electron chi connectivity index (χ4n) is 3.45. The second-order valence-corrected chi connectivity index (χ2v) is 7.23. The van der Waals surface area contributed by atoms with Crippen LogP contribution in [-0.4, -0.2) is 38.0 Å². The number of rotatable bonds is 6. The highest BCUT2D eigenvalue weighted by atomic mass is 16.1. The van der Waals surface area contributed by atoms with Crippen molar-refractivity contribution in [1.82, 2.24) is 10.2 Å². The molecular weight excluding hydrogens is 322 g/mol. The van der Waals surface area contributed by atoms with Crippen molar-refractivity contribution >= 4 is 11.6 Å². The minimum atomic E-state index is -0.0264. The molecule has 0 bridgehead atoms. The predicted octanol–water partition coefficient (Wildman–Crippen LogP) is 3.67. The number of nitrogens with one attached hydrogen (secondary N) is 1. The third-order valence-corrected chi connectivity index (χ3v) is 5.03. The molecule has 1 fully saturated rings. The lowest BCUT2D eigenvalue weighted by Gasteiger charge is -2.27. The van der Waals surface area contributed by atoms with Gasteiger partial charge in [-0.05, 0) is 55.3 Å². The average molecular weight is 351 g/mol. The van der Waals surface area contributed by atoms with Gasteiger partial charge in [-0.2, -0.15) is 0 Å². The summed E-state index contributed by atoms with van der Waals surface area (Å²) >= 11 is 0. The van der Waals surface area contributed by atoms with Crippen LogP contribution in [0.2, 0.25) is 0 Å². The number of hydrogen-bond acceptors (Lipinski definition) is 3. The third-order valence-electron chi connectivity index (χ3n) is 5.03. The summed E-state index contributed by atoms with van der Waals surface area (Å²) in [5, 5.41) is 3.08. The second-order valence-electron chi connectivity index (χ2n) is 7.23. The van der Waals surface area contributed by atoms with E-state index >= 15 is 0 Å². The Morgan fingerprint density at radius 1 is 1.00 bits per heavy atom. The molecule has 1 amide bonds. The summed E-state index contributed by atoms with van der Waals surface area (Å²) in [6, 6.07) is 16.2. The van der Waals surface area contributed by atoms with Gasteiger partial charge in [-0.3, -0.25) is 9.69 Å². The van der Waals surface area contributed by atoms with Gasteiger partial charge in [0.05, 0.1) is 0 Å². The summed E-state index contributed by atoms with van der Waals surface area (Å²) in [6.45, 7) is 3.90. The van der Waals surface area contributed by atoms with Gasteiger partial charge in [-0.1, -0.05) is 36.8 Å². The summed E-state index contributed by atoms with van der Waals surface area (Å²) in [4.78, 5) is 17.1. The summed E-state index contributed by atoms with van der Waals surface area (Å²) in [7, 11) is 3.96. The van der Waals surface area contributed by atoms with E-state index < -0.39 is 0 Å². The molecule has 1 aliphatic heterocycles. The summed E-state index contributed by atoms with van der Waals surface area (Å²) in [5.41, 5.74) is 4.25. The van der Waals surface area contributed by atoms with E-state index in [1.54, 1.807) is 0 Å². The molecule has 2 aromatic rings. The van der Waals surface area contributed by atoms with Crippen molar-refractivity contribution in [1.29, 1.82) is 0 Å². The number of anilines is 1. The standard InChI is InChI=1S/C22H29N3O/c1-24(2)21-12-8-11-18(15-21)22(26)23-16-19-9-4-5-10-20(19)17-25-13-6-3-7-14-25/h4-5,8-12,15H,3,6-7,13-14,16-17H2,1-2H3,(H,23,26). The first-order valence-electron chi connectivity index (χ1n) is 9.48. The van der Waals surface area contributed by atoms with Crippen molar-refractivity contribution in [3.05, 3.63) is 65.2 Å². The number of hydrogen-bond donors (Lipinski definition) is 1. The molecule has 0 atom stereocenters. The molecule has 4 nitrogen and oxygen atoms in total. The smallest absolute Gasteiger partial charge is 0.251 e. The van der Waals surface area contributed by atoms with Gasteiger partial charge in [0, 0.05) is 38.4 Å². The topological polar surface area (TPSA) is 35.6 Å². The minimum Gasteiger partial charge on any atom is -0.378 e.